The number of benzene rings is 3. The summed E-state index contributed by atoms with van der Waals surface area (Å²) in [6.45, 7) is 2.54. The number of thioether (sulfide) groups is 1. The average molecular weight is 478 g/mol. The average Bonchev–Trinajstić information content (AvgIpc) is 3.20. The Bertz CT molecular complexity index is 1260. The fraction of sp³-hybridized carbons (Fsp3) is 0.160. The summed E-state index contributed by atoms with van der Waals surface area (Å²) in [5, 5.41) is 6.34. The lowest BCUT2D eigenvalue weighted by Gasteiger charge is -2.08. The molecule has 6 nitrogen and oxygen atoms in total. The zero-order valence-electron chi connectivity index (χ0n) is 18.0. The van der Waals surface area contributed by atoms with E-state index in [0.29, 0.717) is 23.8 Å². The third-order valence-electron chi connectivity index (χ3n) is 4.61. The predicted octanol–water partition coefficient (Wildman–Crippen LogP) is 5.61. The molecule has 0 spiro atoms. The molecule has 0 aliphatic carbocycles. The summed E-state index contributed by atoms with van der Waals surface area (Å²) >= 11 is 2.82. The van der Waals surface area contributed by atoms with E-state index < -0.39 is 0 Å². The normalized spacial score (nSPS) is 10.7. The monoisotopic (exact) mass is 477 g/mol. The topological polar surface area (TPSA) is 80.3 Å². The maximum atomic E-state index is 12.4. The Morgan fingerprint density at radius 3 is 2.64 bits per heavy atom. The standard InChI is InChI=1S/C25H23N3O3S2/c1-2-31-19-11-12-21-22(15-19)33-25(27-21)28-24(30)16-32-20-10-6-9-18(14-20)26-23(29)13-17-7-4-3-5-8-17/h3-12,14-15H,2,13,16H2,1H3,(H,26,29)(H,27,28,30). The van der Waals surface area contributed by atoms with Crippen molar-refractivity contribution >= 4 is 55.9 Å². The van der Waals surface area contributed by atoms with E-state index in [0.717, 1.165) is 26.4 Å². The van der Waals surface area contributed by atoms with Crippen molar-refractivity contribution < 1.29 is 14.3 Å². The van der Waals surface area contributed by atoms with Gasteiger partial charge in [-0.3, -0.25) is 9.59 Å². The van der Waals surface area contributed by atoms with Gasteiger partial charge in [-0.25, -0.2) is 4.98 Å². The van der Waals surface area contributed by atoms with Gasteiger partial charge in [0.25, 0.3) is 0 Å². The van der Waals surface area contributed by atoms with Crippen LogP contribution in [-0.4, -0.2) is 29.2 Å². The van der Waals surface area contributed by atoms with Crippen molar-refractivity contribution in [2.75, 3.05) is 23.0 Å². The third-order valence-corrected chi connectivity index (χ3v) is 6.54. The second kappa shape index (κ2) is 11.0. The molecule has 0 unspecified atom stereocenters. The van der Waals surface area contributed by atoms with Gasteiger partial charge >= 0.3 is 0 Å². The summed E-state index contributed by atoms with van der Waals surface area (Å²) in [5.74, 6) is 0.812. The molecule has 4 rings (SSSR count). The van der Waals surface area contributed by atoms with Crippen molar-refractivity contribution in [1.82, 2.24) is 4.98 Å². The van der Waals surface area contributed by atoms with Crippen LogP contribution in [0.4, 0.5) is 10.8 Å². The van der Waals surface area contributed by atoms with Gasteiger partial charge in [0.15, 0.2) is 5.13 Å². The number of carbonyl (C=O) groups is 2. The number of ether oxygens (including phenoxy) is 1. The number of nitrogens with one attached hydrogen (secondary N) is 2. The highest BCUT2D eigenvalue weighted by Gasteiger charge is 2.10. The highest BCUT2D eigenvalue weighted by molar-refractivity contribution is 8.00. The second-order valence-corrected chi connectivity index (χ2v) is 9.24. The molecule has 2 N–H and O–H groups in total. The van der Waals surface area contributed by atoms with Crippen molar-refractivity contribution in [3.05, 3.63) is 78.4 Å². The molecule has 168 valence electrons. The van der Waals surface area contributed by atoms with Crippen LogP contribution in [0.2, 0.25) is 0 Å². The quantitative estimate of drug-likeness (QED) is 0.307. The third kappa shape index (κ3) is 6.57. The lowest BCUT2D eigenvalue weighted by molar-refractivity contribution is -0.115. The largest absolute Gasteiger partial charge is 0.494 e. The number of rotatable bonds is 9. The molecule has 1 aromatic heterocycles. The molecule has 0 saturated heterocycles. The van der Waals surface area contributed by atoms with Crippen LogP contribution in [-0.2, 0) is 16.0 Å². The molecule has 0 fully saturated rings. The minimum absolute atomic E-state index is 0.0792. The Balaban J connectivity index is 1.30. The van der Waals surface area contributed by atoms with Gasteiger partial charge in [-0.2, -0.15) is 0 Å². The van der Waals surface area contributed by atoms with Gasteiger partial charge in [-0.1, -0.05) is 47.7 Å². The van der Waals surface area contributed by atoms with E-state index in [9.17, 15) is 9.59 Å². The number of thiazole rings is 1. The first-order valence-electron chi connectivity index (χ1n) is 10.5. The van der Waals surface area contributed by atoms with Crippen molar-refractivity contribution in [2.45, 2.75) is 18.2 Å². The number of hydrogen-bond donors (Lipinski definition) is 2. The van der Waals surface area contributed by atoms with Crippen LogP contribution in [0.3, 0.4) is 0 Å². The first-order valence-corrected chi connectivity index (χ1v) is 12.3. The SMILES string of the molecule is CCOc1ccc2nc(NC(=O)CSc3cccc(NC(=O)Cc4ccccc4)c3)sc2c1. The van der Waals surface area contributed by atoms with Crippen LogP contribution in [0.1, 0.15) is 12.5 Å². The number of hydrogen-bond acceptors (Lipinski definition) is 6. The van der Waals surface area contributed by atoms with Crippen LogP contribution in [0, 0.1) is 0 Å². The molecule has 0 saturated carbocycles. The molecular weight excluding hydrogens is 454 g/mol. The Labute approximate surface area is 200 Å². The van der Waals surface area contributed by atoms with Crippen molar-refractivity contribution in [3.63, 3.8) is 0 Å². The summed E-state index contributed by atoms with van der Waals surface area (Å²) in [7, 11) is 0. The first kappa shape index (κ1) is 22.8. The van der Waals surface area contributed by atoms with Gasteiger partial charge in [0.05, 0.1) is 29.0 Å². The first-order chi connectivity index (χ1) is 16.1. The van der Waals surface area contributed by atoms with Gasteiger partial charge in [-0.05, 0) is 48.9 Å². The summed E-state index contributed by atoms with van der Waals surface area (Å²) < 4.78 is 6.48. The van der Waals surface area contributed by atoms with Crippen LogP contribution in [0.5, 0.6) is 5.75 Å². The maximum absolute atomic E-state index is 12.4. The molecule has 8 heteroatoms. The van der Waals surface area contributed by atoms with E-state index in [1.54, 1.807) is 0 Å². The van der Waals surface area contributed by atoms with Gasteiger partial charge in [-0.15, -0.1) is 11.8 Å². The number of nitrogens with zero attached hydrogens (tertiary/aromatic N) is 1. The summed E-state index contributed by atoms with van der Waals surface area (Å²) in [6.07, 6.45) is 0.314. The maximum Gasteiger partial charge on any atom is 0.236 e. The van der Waals surface area contributed by atoms with Crippen molar-refractivity contribution in [2.24, 2.45) is 0 Å². The zero-order chi connectivity index (χ0) is 23.0. The van der Waals surface area contributed by atoms with Gasteiger partial charge in [0.1, 0.15) is 5.75 Å². The van der Waals surface area contributed by atoms with Gasteiger partial charge in [0, 0.05) is 10.6 Å². The van der Waals surface area contributed by atoms with Crippen LogP contribution in [0.25, 0.3) is 10.2 Å². The number of aromatic nitrogens is 1. The molecule has 1 heterocycles. The molecular formula is C25H23N3O3S2. The minimum Gasteiger partial charge on any atom is -0.494 e. The molecule has 0 radical (unpaired) electrons. The summed E-state index contributed by atoms with van der Waals surface area (Å²) in [5.41, 5.74) is 2.49. The van der Waals surface area contributed by atoms with Gasteiger partial charge < -0.3 is 15.4 Å². The Morgan fingerprint density at radius 2 is 1.82 bits per heavy atom. The van der Waals surface area contributed by atoms with Crippen LogP contribution in [0.15, 0.2) is 77.7 Å². The molecule has 0 atom stereocenters. The summed E-state index contributed by atoms with van der Waals surface area (Å²) in [6, 6.07) is 22.8. The van der Waals surface area contributed by atoms with Crippen molar-refractivity contribution in [3.8, 4) is 5.75 Å². The van der Waals surface area contributed by atoms with Crippen LogP contribution >= 0.6 is 23.1 Å². The second-order valence-electron chi connectivity index (χ2n) is 7.16. The molecule has 3 aromatic carbocycles. The molecule has 0 aliphatic heterocycles. The van der Waals surface area contributed by atoms with E-state index >= 15 is 0 Å². The number of fused-ring (bicyclic) bond motifs is 1. The fourth-order valence-electron chi connectivity index (χ4n) is 3.17. The Morgan fingerprint density at radius 1 is 0.970 bits per heavy atom. The Hall–Kier alpha value is -3.36. The zero-order valence-corrected chi connectivity index (χ0v) is 19.7. The Kier molecular flexibility index (Phi) is 7.59. The molecule has 0 aliphatic rings. The highest BCUT2D eigenvalue weighted by atomic mass is 32.2. The number of amides is 2. The minimum atomic E-state index is -0.136. The van der Waals surface area contributed by atoms with Gasteiger partial charge in [0.2, 0.25) is 11.8 Å². The number of carbonyl (C=O) groups excluding carboxylic acids is 2. The lowest BCUT2D eigenvalue weighted by atomic mass is 10.1. The predicted molar refractivity (Wildman–Crippen MR) is 135 cm³/mol. The van der Waals surface area contributed by atoms with E-state index in [-0.39, 0.29) is 17.6 Å². The van der Waals surface area contributed by atoms with E-state index in [4.69, 9.17) is 4.74 Å². The highest BCUT2D eigenvalue weighted by Crippen LogP contribution is 2.29. The van der Waals surface area contributed by atoms with Crippen LogP contribution < -0.4 is 15.4 Å². The van der Waals surface area contributed by atoms with E-state index in [2.05, 4.69) is 15.6 Å². The molecule has 33 heavy (non-hydrogen) atoms. The van der Waals surface area contributed by atoms with E-state index in [1.165, 1.54) is 23.1 Å². The lowest BCUT2D eigenvalue weighted by Crippen LogP contribution is -2.14. The summed E-state index contributed by atoms with van der Waals surface area (Å²) in [4.78, 5) is 30.1. The van der Waals surface area contributed by atoms with Crippen molar-refractivity contribution in [1.29, 1.82) is 0 Å². The molecule has 4 aromatic rings. The molecule has 0 bridgehead atoms. The smallest absolute Gasteiger partial charge is 0.236 e. The van der Waals surface area contributed by atoms with E-state index in [1.807, 2.05) is 79.7 Å². The number of anilines is 2. The fourth-order valence-corrected chi connectivity index (χ4v) is 4.83. The molecule has 2 amide bonds.